The molecule has 6 nitrogen and oxygen atoms in total. The van der Waals surface area contributed by atoms with E-state index in [2.05, 4.69) is 10.3 Å². The molecule has 0 unspecified atom stereocenters. The van der Waals surface area contributed by atoms with Crippen LogP contribution in [-0.2, 0) is 13.1 Å². The van der Waals surface area contributed by atoms with Gasteiger partial charge in [0.05, 0.1) is 26.5 Å². The minimum atomic E-state index is -0.242. The second kappa shape index (κ2) is 12.4. The first-order valence-corrected chi connectivity index (χ1v) is 9.30. The highest BCUT2D eigenvalue weighted by Crippen LogP contribution is 2.27. The maximum atomic E-state index is 14.3. The van der Waals surface area contributed by atoms with Gasteiger partial charge in [0.25, 0.3) is 0 Å². The molecule has 0 amide bonds. The van der Waals surface area contributed by atoms with E-state index in [9.17, 15) is 4.39 Å². The van der Waals surface area contributed by atoms with Gasteiger partial charge in [-0.3, -0.25) is 0 Å². The van der Waals surface area contributed by atoms with Crippen molar-refractivity contribution in [3.8, 4) is 11.5 Å². The highest BCUT2D eigenvalue weighted by Gasteiger charge is 2.09. The Balaban J connectivity index is 0.00000420. The number of rotatable bonds is 9. The van der Waals surface area contributed by atoms with Gasteiger partial charge in [0, 0.05) is 19.6 Å². The maximum absolute atomic E-state index is 14.3. The number of aliphatic imine (C=N–C) groups is 1. The molecule has 0 radical (unpaired) electrons. The molecule has 0 bridgehead atoms. The van der Waals surface area contributed by atoms with Crippen LogP contribution in [0.1, 0.15) is 25.0 Å². The van der Waals surface area contributed by atoms with Crippen LogP contribution in [0, 0.1) is 5.82 Å². The lowest BCUT2D eigenvalue weighted by Crippen LogP contribution is -2.31. The number of hydrogen-bond donors (Lipinski definition) is 2. The van der Waals surface area contributed by atoms with Crippen LogP contribution in [0.4, 0.5) is 10.1 Å². The van der Waals surface area contributed by atoms with Crippen molar-refractivity contribution in [1.29, 1.82) is 0 Å². The Bertz CT molecular complexity index is 813. The van der Waals surface area contributed by atoms with Gasteiger partial charge in [0.1, 0.15) is 5.82 Å². The Labute approximate surface area is 189 Å². The lowest BCUT2D eigenvalue weighted by atomic mass is 10.2. The third-order valence-electron chi connectivity index (χ3n) is 4.47. The number of halogens is 2. The fourth-order valence-electron chi connectivity index (χ4n) is 2.89. The minimum absolute atomic E-state index is 0. The highest BCUT2D eigenvalue weighted by molar-refractivity contribution is 14.0. The van der Waals surface area contributed by atoms with Crippen molar-refractivity contribution in [3.05, 3.63) is 53.3 Å². The van der Waals surface area contributed by atoms with Crippen LogP contribution in [0.25, 0.3) is 0 Å². The van der Waals surface area contributed by atoms with E-state index in [1.54, 1.807) is 20.3 Å². The monoisotopic (exact) mass is 516 g/mol. The van der Waals surface area contributed by atoms with Gasteiger partial charge in [0.2, 0.25) is 0 Å². The fourth-order valence-corrected chi connectivity index (χ4v) is 2.89. The van der Waals surface area contributed by atoms with Gasteiger partial charge < -0.3 is 25.4 Å². The molecule has 0 aliphatic carbocycles. The molecule has 0 fully saturated rings. The summed E-state index contributed by atoms with van der Waals surface area (Å²) in [6.07, 6.45) is 0. The summed E-state index contributed by atoms with van der Waals surface area (Å²) in [7, 11) is 3.19. The van der Waals surface area contributed by atoms with Crippen molar-refractivity contribution < 1.29 is 13.9 Å². The summed E-state index contributed by atoms with van der Waals surface area (Å²) in [5.74, 6) is 1.38. The zero-order valence-electron chi connectivity index (χ0n) is 17.4. The molecule has 0 aromatic heterocycles. The summed E-state index contributed by atoms with van der Waals surface area (Å²) in [6, 6.07) is 10.8. The summed E-state index contributed by atoms with van der Waals surface area (Å²) in [4.78, 5) is 6.26. The summed E-state index contributed by atoms with van der Waals surface area (Å²) in [5.41, 5.74) is 8.29. The number of nitrogens with two attached hydrogens (primary N) is 1. The van der Waals surface area contributed by atoms with Crippen LogP contribution in [0.15, 0.2) is 41.4 Å². The first-order valence-electron chi connectivity index (χ1n) is 9.30. The normalized spacial score (nSPS) is 10.9. The van der Waals surface area contributed by atoms with Crippen LogP contribution in [-0.4, -0.2) is 33.3 Å². The van der Waals surface area contributed by atoms with E-state index in [-0.39, 0.29) is 29.8 Å². The standard InChI is InChI=1S/C21H29FN4O2.HI/c1-5-26(6-2)18-9-7-15(11-17(18)22)13-24-21(23)25-14-16-8-10-19(27-3)20(12-16)28-4;/h7-12H,5-6,13-14H2,1-4H3,(H3,23,24,25);1H. The number of nitrogens with one attached hydrogen (secondary N) is 1. The Morgan fingerprint density at radius 1 is 1.03 bits per heavy atom. The van der Waals surface area contributed by atoms with Gasteiger partial charge in [-0.15, -0.1) is 24.0 Å². The first-order chi connectivity index (χ1) is 13.5. The number of ether oxygens (including phenoxy) is 2. The molecule has 2 aromatic rings. The zero-order valence-corrected chi connectivity index (χ0v) is 19.7. The predicted octanol–water partition coefficient (Wildman–Crippen LogP) is 3.91. The molecule has 0 atom stereocenters. The van der Waals surface area contributed by atoms with Crippen molar-refractivity contribution in [2.75, 3.05) is 32.2 Å². The maximum Gasteiger partial charge on any atom is 0.189 e. The minimum Gasteiger partial charge on any atom is -0.493 e. The van der Waals surface area contributed by atoms with Crippen LogP contribution in [0.5, 0.6) is 11.5 Å². The lowest BCUT2D eigenvalue weighted by molar-refractivity contribution is 0.354. The second-order valence-electron chi connectivity index (χ2n) is 6.20. The van der Waals surface area contributed by atoms with E-state index in [0.29, 0.717) is 36.2 Å². The van der Waals surface area contributed by atoms with Gasteiger partial charge in [-0.1, -0.05) is 12.1 Å². The van der Waals surface area contributed by atoms with E-state index in [0.717, 1.165) is 24.2 Å². The molecule has 0 aliphatic rings. The third kappa shape index (κ3) is 6.95. The molecule has 0 spiro atoms. The van der Waals surface area contributed by atoms with Crippen LogP contribution < -0.4 is 25.4 Å². The lowest BCUT2D eigenvalue weighted by Gasteiger charge is -2.21. The average molecular weight is 516 g/mol. The van der Waals surface area contributed by atoms with E-state index in [1.807, 2.05) is 43.0 Å². The molecule has 160 valence electrons. The van der Waals surface area contributed by atoms with E-state index in [1.165, 1.54) is 6.07 Å². The molecule has 3 N–H and O–H groups in total. The van der Waals surface area contributed by atoms with Crippen LogP contribution in [0.2, 0.25) is 0 Å². The Kier molecular flexibility index (Phi) is 10.6. The molecular weight excluding hydrogens is 486 g/mol. The van der Waals surface area contributed by atoms with Gasteiger partial charge in [-0.25, -0.2) is 9.38 Å². The smallest absolute Gasteiger partial charge is 0.189 e. The number of hydrogen-bond acceptors (Lipinski definition) is 4. The van der Waals surface area contributed by atoms with E-state index >= 15 is 0 Å². The molecular formula is C21H30FIN4O2. The molecule has 0 aliphatic heterocycles. The summed E-state index contributed by atoms with van der Waals surface area (Å²) in [6.45, 7) is 6.33. The SMILES string of the molecule is CCN(CC)c1ccc(CN=C(N)NCc2ccc(OC)c(OC)c2)cc1F.I. The summed E-state index contributed by atoms with van der Waals surface area (Å²) < 4.78 is 24.9. The predicted molar refractivity (Wildman–Crippen MR) is 127 cm³/mol. The number of nitrogens with zero attached hydrogens (tertiary/aromatic N) is 2. The van der Waals surface area contributed by atoms with Crippen molar-refractivity contribution >= 4 is 35.6 Å². The zero-order chi connectivity index (χ0) is 20.5. The van der Waals surface area contributed by atoms with Gasteiger partial charge >= 0.3 is 0 Å². The Morgan fingerprint density at radius 3 is 2.28 bits per heavy atom. The molecule has 2 rings (SSSR count). The first kappa shape index (κ1) is 24.8. The average Bonchev–Trinajstić information content (AvgIpc) is 2.72. The molecule has 2 aromatic carbocycles. The summed E-state index contributed by atoms with van der Waals surface area (Å²) in [5, 5.41) is 3.05. The van der Waals surface area contributed by atoms with Crippen LogP contribution in [0.3, 0.4) is 0 Å². The van der Waals surface area contributed by atoms with Gasteiger partial charge in [0.15, 0.2) is 17.5 Å². The molecule has 8 heteroatoms. The third-order valence-corrected chi connectivity index (χ3v) is 4.47. The second-order valence-corrected chi connectivity index (χ2v) is 6.20. The quantitative estimate of drug-likeness (QED) is 0.301. The summed E-state index contributed by atoms with van der Waals surface area (Å²) >= 11 is 0. The molecule has 0 heterocycles. The van der Waals surface area contributed by atoms with Crippen molar-refractivity contribution in [2.24, 2.45) is 10.7 Å². The number of guanidine groups is 1. The number of methoxy groups -OCH3 is 2. The molecule has 29 heavy (non-hydrogen) atoms. The Hall–Kier alpha value is -2.23. The van der Waals surface area contributed by atoms with Crippen molar-refractivity contribution in [3.63, 3.8) is 0 Å². The van der Waals surface area contributed by atoms with Crippen molar-refractivity contribution in [2.45, 2.75) is 26.9 Å². The fraction of sp³-hybridized carbons (Fsp3) is 0.381. The largest absolute Gasteiger partial charge is 0.493 e. The Morgan fingerprint density at radius 2 is 1.69 bits per heavy atom. The number of benzene rings is 2. The van der Waals surface area contributed by atoms with Gasteiger partial charge in [-0.2, -0.15) is 0 Å². The number of anilines is 1. The van der Waals surface area contributed by atoms with Crippen molar-refractivity contribution in [1.82, 2.24) is 5.32 Å². The highest BCUT2D eigenvalue weighted by atomic mass is 127. The van der Waals surface area contributed by atoms with Crippen LogP contribution >= 0.6 is 24.0 Å². The molecule has 0 saturated heterocycles. The van der Waals surface area contributed by atoms with Gasteiger partial charge in [-0.05, 0) is 49.2 Å². The topological polar surface area (TPSA) is 72.1 Å². The van der Waals surface area contributed by atoms with E-state index < -0.39 is 0 Å². The van der Waals surface area contributed by atoms with E-state index in [4.69, 9.17) is 15.2 Å². The molecule has 0 saturated carbocycles.